The second-order valence-corrected chi connectivity index (χ2v) is 7.54. The van der Waals surface area contributed by atoms with Crippen LogP contribution in [0.25, 0.3) is 0 Å². The minimum absolute atomic E-state index is 0.0905. The second kappa shape index (κ2) is 14.1. The molecule has 0 rings (SSSR count). The number of nitrogens with one attached hydrogen (secondary N) is 3. The average molecular weight is 453 g/mol. The molecule has 0 spiro atoms. The van der Waals surface area contributed by atoms with Crippen LogP contribution < -0.4 is 21.7 Å². The van der Waals surface area contributed by atoms with Gasteiger partial charge in [0, 0.05) is 12.2 Å². The first kappa shape index (κ1) is 27.0. The third kappa shape index (κ3) is 10.9. The van der Waals surface area contributed by atoms with Gasteiger partial charge in [-0.25, -0.2) is 0 Å². The van der Waals surface area contributed by atoms with Crippen molar-refractivity contribution < 1.29 is 34.2 Å². The van der Waals surface area contributed by atoms with E-state index in [1.807, 2.05) is 6.26 Å². The Bertz CT molecular complexity index is 606. The van der Waals surface area contributed by atoms with E-state index in [2.05, 4.69) is 28.6 Å². The number of nitrogens with two attached hydrogens (primary N) is 1. The standard InChI is InChI=1S/C16H28N4O7S2/c1-8(16(26)27)18-15(25)11(7-28)20-14(24)10(5-6-29-2)19-13(23)9(17)3-4-12(21)22/h8-11,28H,3-7,17H2,1-2H3,(H,18,25)(H,19,23)(H,20,24)(H,21,22)(H,26,27)/t8-,9-,10-,11-/m0/s1. The zero-order valence-electron chi connectivity index (χ0n) is 16.2. The minimum atomic E-state index is -1.23. The van der Waals surface area contributed by atoms with E-state index in [1.165, 1.54) is 18.7 Å². The fraction of sp³-hybridized carbons (Fsp3) is 0.688. The molecule has 0 aromatic heterocycles. The van der Waals surface area contributed by atoms with Crippen LogP contribution in [0.2, 0.25) is 0 Å². The lowest BCUT2D eigenvalue weighted by Crippen LogP contribution is -2.57. The third-order valence-corrected chi connectivity index (χ3v) is 4.80. The van der Waals surface area contributed by atoms with Crippen LogP contribution >= 0.6 is 24.4 Å². The second-order valence-electron chi connectivity index (χ2n) is 6.19. The van der Waals surface area contributed by atoms with Crippen molar-refractivity contribution in [3.05, 3.63) is 0 Å². The summed E-state index contributed by atoms with van der Waals surface area (Å²) in [5.74, 6) is -3.96. The number of rotatable bonds is 14. The monoisotopic (exact) mass is 452 g/mol. The number of carboxylic acid groups (broad SMARTS) is 2. The summed E-state index contributed by atoms with van der Waals surface area (Å²) in [5, 5.41) is 24.7. The maximum absolute atomic E-state index is 12.6. The SMILES string of the molecule is CSCC[C@H](NC(=O)[C@@H](N)CCC(=O)O)C(=O)N[C@@H](CS)C(=O)N[C@@H](C)C(=O)O. The van der Waals surface area contributed by atoms with Gasteiger partial charge in [0.05, 0.1) is 6.04 Å². The topological polar surface area (TPSA) is 188 Å². The molecule has 13 heteroatoms. The van der Waals surface area contributed by atoms with Gasteiger partial charge in [-0.1, -0.05) is 0 Å². The summed E-state index contributed by atoms with van der Waals surface area (Å²) in [4.78, 5) is 58.3. The van der Waals surface area contributed by atoms with Gasteiger partial charge in [-0.05, 0) is 31.8 Å². The molecule has 0 aliphatic heterocycles. The molecule has 3 amide bonds. The molecule has 166 valence electrons. The van der Waals surface area contributed by atoms with E-state index in [-0.39, 0.29) is 25.0 Å². The van der Waals surface area contributed by atoms with E-state index in [0.29, 0.717) is 5.75 Å². The molecule has 0 heterocycles. The number of carbonyl (C=O) groups excluding carboxylic acids is 3. The van der Waals surface area contributed by atoms with Gasteiger partial charge in [0.25, 0.3) is 0 Å². The van der Waals surface area contributed by atoms with E-state index in [1.54, 1.807) is 0 Å². The van der Waals surface area contributed by atoms with Gasteiger partial charge < -0.3 is 31.9 Å². The Labute approximate surface area is 178 Å². The number of thiol groups is 1. The van der Waals surface area contributed by atoms with Crippen LogP contribution in [0.15, 0.2) is 0 Å². The van der Waals surface area contributed by atoms with E-state index >= 15 is 0 Å². The molecule has 29 heavy (non-hydrogen) atoms. The summed E-state index contributed by atoms with van der Waals surface area (Å²) in [6, 6.07) is -4.36. The molecule has 0 aliphatic carbocycles. The van der Waals surface area contributed by atoms with Crippen LogP contribution in [0.1, 0.15) is 26.2 Å². The molecule has 0 bridgehead atoms. The van der Waals surface area contributed by atoms with Crippen LogP contribution in [0.4, 0.5) is 0 Å². The van der Waals surface area contributed by atoms with Crippen molar-refractivity contribution in [1.29, 1.82) is 0 Å². The minimum Gasteiger partial charge on any atom is -0.481 e. The quantitative estimate of drug-likeness (QED) is 0.153. The van der Waals surface area contributed by atoms with E-state index in [0.717, 1.165) is 0 Å². The molecule has 0 saturated carbocycles. The molecule has 7 N–H and O–H groups in total. The van der Waals surface area contributed by atoms with Gasteiger partial charge in [0.1, 0.15) is 18.1 Å². The Kier molecular flexibility index (Phi) is 13.1. The summed E-state index contributed by atoms with van der Waals surface area (Å²) >= 11 is 5.44. The Hall–Kier alpha value is -1.99. The summed E-state index contributed by atoms with van der Waals surface area (Å²) in [7, 11) is 0. The largest absolute Gasteiger partial charge is 0.481 e. The van der Waals surface area contributed by atoms with Crippen LogP contribution in [-0.2, 0) is 24.0 Å². The van der Waals surface area contributed by atoms with Gasteiger partial charge in [-0.3, -0.25) is 24.0 Å². The Balaban J connectivity index is 5.03. The zero-order valence-corrected chi connectivity index (χ0v) is 17.9. The van der Waals surface area contributed by atoms with Crippen molar-refractivity contribution in [2.75, 3.05) is 17.8 Å². The van der Waals surface area contributed by atoms with Gasteiger partial charge in [-0.15, -0.1) is 0 Å². The van der Waals surface area contributed by atoms with Crippen molar-refractivity contribution in [3.8, 4) is 0 Å². The maximum Gasteiger partial charge on any atom is 0.325 e. The van der Waals surface area contributed by atoms with Gasteiger partial charge in [-0.2, -0.15) is 24.4 Å². The van der Waals surface area contributed by atoms with E-state index in [9.17, 15) is 24.0 Å². The molecule has 0 unspecified atom stereocenters. The lowest BCUT2D eigenvalue weighted by molar-refractivity contribution is -0.141. The van der Waals surface area contributed by atoms with Crippen LogP contribution in [0, 0.1) is 0 Å². The maximum atomic E-state index is 12.6. The molecular formula is C16H28N4O7S2. The fourth-order valence-electron chi connectivity index (χ4n) is 2.04. The molecule has 0 aromatic rings. The third-order valence-electron chi connectivity index (χ3n) is 3.79. The van der Waals surface area contributed by atoms with Crippen molar-refractivity contribution >= 4 is 54.1 Å². The summed E-state index contributed by atoms with van der Waals surface area (Å²) in [6.45, 7) is 1.28. The lowest BCUT2D eigenvalue weighted by Gasteiger charge is -2.23. The molecule has 0 aliphatic rings. The summed E-state index contributed by atoms with van der Waals surface area (Å²) in [5.41, 5.74) is 5.66. The average Bonchev–Trinajstić information content (AvgIpc) is 2.66. The number of amides is 3. The highest BCUT2D eigenvalue weighted by atomic mass is 32.2. The molecule has 0 fully saturated rings. The van der Waals surface area contributed by atoms with Crippen molar-refractivity contribution in [3.63, 3.8) is 0 Å². The highest BCUT2D eigenvalue weighted by Gasteiger charge is 2.28. The number of hydrogen-bond donors (Lipinski definition) is 7. The molecule has 11 nitrogen and oxygen atoms in total. The number of aliphatic carboxylic acids is 2. The van der Waals surface area contributed by atoms with Crippen molar-refractivity contribution in [2.45, 2.75) is 50.4 Å². The lowest BCUT2D eigenvalue weighted by atomic mass is 10.1. The normalized spacial score (nSPS) is 14.8. The first-order valence-corrected chi connectivity index (χ1v) is 10.8. The predicted molar refractivity (Wildman–Crippen MR) is 111 cm³/mol. The van der Waals surface area contributed by atoms with Gasteiger partial charge in [0.15, 0.2) is 0 Å². The molecule has 0 saturated heterocycles. The molecule has 0 radical (unpaired) electrons. The highest BCUT2D eigenvalue weighted by Crippen LogP contribution is 2.04. The predicted octanol–water partition coefficient (Wildman–Crippen LogP) is -1.58. The molecular weight excluding hydrogens is 424 g/mol. The first-order valence-electron chi connectivity index (χ1n) is 8.74. The summed E-state index contributed by atoms with van der Waals surface area (Å²) < 4.78 is 0. The Morgan fingerprint density at radius 3 is 2.00 bits per heavy atom. The first-order chi connectivity index (χ1) is 13.5. The fourth-order valence-corrected chi connectivity index (χ4v) is 2.76. The number of carbonyl (C=O) groups is 5. The van der Waals surface area contributed by atoms with Gasteiger partial charge >= 0.3 is 11.9 Å². The zero-order chi connectivity index (χ0) is 22.6. The highest BCUT2D eigenvalue weighted by molar-refractivity contribution is 7.98. The van der Waals surface area contributed by atoms with Crippen molar-refractivity contribution in [2.24, 2.45) is 5.73 Å². The number of thioether (sulfide) groups is 1. The summed E-state index contributed by atoms with van der Waals surface area (Å²) in [6.07, 6.45) is 1.68. The van der Waals surface area contributed by atoms with E-state index < -0.39 is 53.8 Å². The smallest absolute Gasteiger partial charge is 0.325 e. The van der Waals surface area contributed by atoms with Crippen molar-refractivity contribution in [1.82, 2.24) is 16.0 Å². The number of carboxylic acids is 2. The Morgan fingerprint density at radius 2 is 1.52 bits per heavy atom. The van der Waals surface area contributed by atoms with Gasteiger partial charge in [0.2, 0.25) is 17.7 Å². The van der Waals surface area contributed by atoms with Crippen LogP contribution in [-0.4, -0.2) is 81.8 Å². The molecule has 0 aromatic carbocycles. The van der Waals surface area contributed by atoms with Crippen LogP contribution in [0.3, 0.4) is 0 Å². The Morgan fingerprint density at radius 1 is 0.966 bits per heavy atom. The van der Waals surface area contributed by atoms with Crippen LogP contribution in [0.5, 0.6) is 0 Å². The number of hydrogen-bond acceptors (Lipinski definition) is 8. The molecule has 4 atom stereocenters. The van der Waals surface area contributed by atoms with E-state index in [4.69, 9.17) is 15.9 Å².